The van der Waals surface area contributed by atoms with E-state index in [1.165, 1.54) is 11.3 Å². The first-order valence-electron chi connectivity index (χ1n) is 21.9. The molecule has 0 N–H and O–H groups in total. The van der Waals surface area contributed by atoms with Gasteiger partial charge >= 0.3 is 0 Å². The SMILES string of the molecule is Cc1nc(C)n(C)n1.Cc1nc(C)n(C)n1.Cc1nn(C)c(C)c1C.Cc1nnc(C)n1C.Cc1nnn(C)c1C.Cc1nnn(C)c1C.Cc1nnnn1C.Cc1noc(C)n1.Cc1nonc1C. The zero-order valence-electron chi connectivity index (χ0n) is 46.0. The third-order valence-electron chi connectivity index (χ3n) is 10.4. The van der Waals surface area contributed by atoms with Crippen molar-refractivity contribution in [1.29, 1.82) is 0 Å². The van der Waals surface area contributed by atoms with Gasteiger partial charge in [-0.1, -0.05) is 25.9 Å². The summed E-state index contributed by atoms with van der Waals surface area (Å²) < 4.78 is 21.4. The highest BCUT2D eigenvalue weighted by molar-refractivity contribution is 5.21. The lowest BCUT2D eigenvalue weighted by Gasteiger charge is -1.90. The summed E-state index contributed by atoms with van der Waals surface area (Å²) in [5, 5.41) is 56.3. The van der Waals surface area contributed by atoms with Crippen molar-refractivity contribution in [3.63, 3.8) is 0 Å². The van der Waals surface area contributed by atoms with Gasteiger partial charge in [0, 0.05) is 62.0 Å². The predicted molar refractivity (Wildman–Crippen MR) is 261 cm³/mol. The van der Waals surface area contributed by atoms with Crippen LogP contribution in [0.1, 0.15) is 104 Å². The molecule has 0 fully saturated rings. The van der Waals surface area contributed by atoms with Crippen LogP contribution in [0, 0.1) is 125 Å². The van der Waals surface area contributed by atoms with E-state index in [2.05, 4.69) is 115 Å². The highest BCUT2D eigenvalue weighted by Crippen LogP contribution is 2.08. The van der Waals surface area contributed by atoms with E-state index in [4.69, 9.17) is 0 Å². The Morgan fingerprint density at radius 3 is 0.871 bits per heavy atom. The highest BCUT2D eigenvalue weighted by atomic mass is 16.6. The predicted octanol–water partition coefficient (Wildman–Crippen LogP) is 4.40. The number of hydrogen-bond acceptors (Lipinski definition) is 20. The van der Waals surface area contributed by atoms with Crippen molar-refractivity contribution in [2.24, 2.45) is 49.3 Å². The Hall–Kier alpha value is -7.74. The van der Waals surface area contributed by atoms with Crippen LogP contribution in [0.2, 0.25) is 0 Å². The van der Waals surface area contributed by atoms with Crippen molar-refractivity contribution in [3.8, 4) is 0 Å². The first kappa shape index (κ1) is 60.3. The molecule has 70 heavy (non-hydrogen) atoms. The third kappa shape index (κ3) is 21.1. The smallest absolute Gasteiger partial charge is 0.223 e. The Morgan fingerprint density at radius 2 is 0.771 bits per heavy atom. The molecule has 0 atom stereocenters. The van der Waals surface area contributed by atoms with Gasteiger partial charge in [-0.2, -0.15) is 20.3 Å². The van der Waals surface area contributed by atoms with Gasteiger partial charge in [-0.3, -0.25) is 23.4 Å². The van der Waals surface area contributed by atoms with Crippen LogP contribution in [0.3, 0.4) is 0 Å². The lowest BCUT2D eigenvalue weighted by molar-refractivity contribution is 0.302. The Kier molecular flexibility index (Phi) is 25.2. The number of aromatic nitrogens is 25. The quantitative estimate of drug-likeness (QED) is 0.203. The molecule has 9 aromatic heterocycles. The first-order valence-corrected chi connectivity index (χ1v) is 21.9. The molecule has 0 unspecified atom stereocenters. The molecule has 0 aliphatic carbocycles. The first-order chi connectivity index (χ1) is 32.6. The summed E-state index contributed by atoms with van der Waals surface area (Å²) in [7, 11) is 13.3. The summed E-state index contributed by atoms with van der Waals surface area (Å²) in [6.07, 6.45) is 0. The van der Waals surface area contributed by atoms with Crippen LogP contribution in [0.4, 0.5) is 0 Å². The average Bonchev–Trinajstić information content (AvgIpc) is 4.23. The average molecular weight is 974 g/mol. The Labute approximate surface area is 410 Å². The van der Waals surface area contributed by atoms with E-state index in [1.54, 1.807) is 44.3 Å². The maximum Gasteiger partial charge on any atom is 0.223 e. The normalized spacial score (nSPS) is 9.79. The molecule has 27 nitrogen and oxygen atoms in total. The van der Waals surface area contributed by atoms with E-state index < -0.39 is 0 Å². The molecule has 384 valence electrons. The molecule has 27 heteroatoms. The molecule has 9 heterocycles. The summed E-state index contributed by atoms with van der Waals surface area (Å²) in [4.78, 5) is 12.0. The standard InChI is InChI=1S/C7H12N2.5C5H9N3.2C4H6N2O.C3H6N4/c1-5-6(2)8-9(4)7(5)3;1-4-6-7-5(2)8(4)3;2*1-4-6-5(2)8(3)7-4;2*1-4-5(2)8(3)7-6-4;1-3-5-4(2)7-6-3;1-3-4(2)6-7-5-3;1-3-4-5-6-7(3)2/h1-4H3;5*1-3H3;3*1-2H3. The van der Waals surface area contributed by atoms with Gasteiger partial charge in [0.2, 0.25) is 5.89 Å². The molecule has 0 saturated carbocycles. The maximum atomic E-state index is 4.60. The fourth-order valence-electron chi connectivity index (χ4n) is 4.59. The highest BCUT2D eigenvalue weighted by Gasteiger charge is 2.02. The van der Waals surface area contributed by atoms with Crippen LogP contribution in [-0.2, 0) is 49.3 Å². The molecule has 0 bridgehead atoms. The van der Waals surface area contributed by atoms with Crippen LogP contribution in [-0.4, -0.2) is 125 Å². The van der Waals surface area contributed by atoms with Crippen molar-refractivity contribution < 1.29 is 9.15 Å². The van der Waals surface area contributed by atoms with E-state index in [0.29, 0.717) is 11.7 Å². The molecular formula is C43H75N25O2. The largest absolute Gasteiger partial charge is 0.340 e. The number of tetrazole rings is 1. The van der Waals surface area contributed by atoms with Crippen molar-refractivity contribution in [3.05, 3.63) is 104 Å². The van der Waals surface area contributed by atoms with Crippen LogP contribution in [0.5, 0.6) is 0 Å². The van der Waals surface area contributed by atoms with Crippen LogP contribution in [0.15, 0.2) is 9.15 Å². The third-order valence-corrected chi connectivity index (χ3v) is 10.4. The minimum atomic E-state index is 0.623. The van der Waals surface area contributed by atoms with Gasteiger partial charge in [-0.25, -0.2) is 19.3 Å². The number of hydrogen-bond donors (Lipinski definition) is 0. The summed E-state index contributed by atoms with van der Waals surface area (Å²) in [5.74, 6) is 7.67. The molecule has 0 aliphatic rings. The van der Waals surface area contributed by atoms with Crippen molar-refractivity contribution >= 4 is 0 Å². The molecule has 0 radical (unpaired) electrons. The molecule has 9 rings (SSSR count). The minimum Gasteiger partial charge on any atom is -0.340 e. The number of rotatable bonds is 0. The van der Waals surface area contributed by atoms with Gasteiger partial charge in [0.15, 0.2) is 5.82 Å². The molecule has 0 spiro atoms. The zero-order chi connectivity index (χ0) is 53.6. The molecule has 0 aromatic carbocycles. The monoisotopic (exact) mass is 974 g/mol. The van der Waals surface area contributed by atoms with Gasteiger partial charge in [-0.05, 0) is 134 Å². The van der Waals surface area contributed by atoms with Gasteiger partial charge < -0.3 is 9.09 Å². The van der Waals surface area contributed by atoms with Crippen molar-refractivity contribution in [2.45, 2.75) is 125 Å². The minimum absolute atomic E-state index is 0.623. The van der Waals surface area contributed by atoms with Crippen LogP contribution < -0.4 is 0 Å². The molecule has 9 aromatic rings. The summed E-state index contributed by atoms with van der Waals surface area (Å²) >= 11 is 0. The fourth-order valence-corrected chi connectivity index (χ4v) is 4.59. The van der Waals surface area contributed by atoms with E-state index in [0.717, 1.165) is 80.6 Å². The van der Waals surface area contributed by atoms with Crippen molar-refractivity contribution in [1.82, 2.24) is 125 Å². The summed E-state index contributed by atoms with van der Waals surface area (Å²) in [6, 6.07) is 0. The van der Waals surface area contributed by atoms with Gasteiger partial charge in [0.1, 0.15) is 52.2 Å². The Balaban J connectivity index is 0.000000394. The second-order valence-electron chi connectivity index (χ2n) is 15.8. The van der Waals surface area contributed by atoms with E-state index in [9.17, 15) is 0 Å². The molecule has 0 aliphatic heterocycles. The summed E-state index contributed by atoms with van der Waals surface area (Å²) in [6.45, 7) is 34.7. The van der Waals surface area contributed by atoms with Gasteiger partial charge in [0.25, 0.3) is 0 Å². The fraction of sp³-hybridized carbons (Fsp3) is 0.581. The number of nitrogens with zero attached hydrogens (tertiary/aromatic N) is 25. The van der Waals surface area contributed by atoms with Gasteiger partial charge in [-0.15, -0.1) is 25.5 Å². The van der Waals surface area contributed by atoms with Crippen molar-refractivity contribution in [2.75, 3.05) is 0 Å². The Bertz CT molecular complexity index is 2510. The Morgan fingerprint density at radius 1 is 0.329 bits per heavy atom. The van der Waals surface area contributed by atoms with Gasteiger partial charge in [0.05, 0.1) is 28.5 Å². The van der Waals surface area contributed by atoms with Crippen LogP contribution >= 0.6 is 0 Å². The molecule has 0 saturated heterocycles. The lowest BCUT2D eigenvalue weighted by Crippen LogP contribution is -1.92. The maximum absolute atomic E-state index is 4.60. The lowest BCUT2D eigenvalue weighted by atomic mass is 10.2. The topological polar surface area (TPSA) is 293 Å². The molecule has 0 amide bonds. The second-order valence-corrected chi connectivity index (χ2v) is 15.8. The number of aryl methyl sites for hydroxylation is 20. The molecular weight excluding hydrogens is 899 g/mol. The van der Waals surface area contributed by atoms with Crippen LogP contribution in [0.25, 0.3) is 0 Å². The van der Waals surface area contributed by atoms with E-state index in [-0.39, 0.29) is 0 Å². The zero-order valence-corrected chi connectivity index (χ0v) is 46.0. The van der Waals surface area contributed by atoms with E-state index >= 15 is 0 Å². The summed E-state index contributed by atoms with van der Waals surface area (Å²) in [5.41, 5.74) is 9.69. The van der Waals surface area contributed by atoms with E-state index in [1.807, 2.05) is 148 Å². The second kappa shape index (κ2) is 29.2.